The number of anilines is 4. The molecular formula is C34H35ClFN9O3. The molecule has 2 aromatic heterocycles. The number of methoxy groups -OCH3 is 1. The summed E-state index contributed by atoms with van der Waals surface area (Å²) < 4.78 is 20.0. The van der Waals surface area contributed by atoms with Crippen molar-refractivity contribution >= 4 is 46.3 Å². The summed E-state index contributed by atoms with van der Waals surface area (Å²) in [4.78, 5) is 40.2. The Morgan fingerprint density at radius 2 is 1.98 bits per heavy atom. The van der Waals surface area contributed by atoms with Crippen molar-refractivity contribution in [3.8, 4) is 11.1 Å². The van der Waals surface area contributed by atoms with Crippen molar-refractivity contribution < 1.29 is 18.7 Å². The molecule has 14 heteroatoms. The normalized spacial score (nSPS) is 17.9. The molecule has 2 aliphatic rings. The maximum absolute atomic E-state index is 14.8. The topological polar surface area (TPSA) is 145 Å². The molecule has 248 valence electrons. The molecule has 2 aliphatic heterocycles. The molecule has 0 saturated carbocycles. The largest absolute Gasteiger partial charge is 0.378 e. The van der Waals surface area contributed by atoms with Crippen molar-refractivity contribution in [3.05, 3.63) is 101 Å². The number of nitrogens with zero attached hydrogens (tertiary/aromatic N) is 4. The van der Waals surface area contributed by atoms with Crippen molar-refractivity contribution in [3.63, 3.8) is 0 Å². The molecule has 2 amide bonds. The van der Waals surface area contributed by atoms with Crippen LogP contribution >= 0.6 is 11.6 Å². The van der Waals surface area contributed by atoms with Gasteiger partial charge in [0, 0.05) is 36.5 Å². The third-order valence-corrected chi connectivity index (χ3v) is 8.58. The number of benzene rings is 2. The second-order valence-corrected chi connectivity index (χ2v) is 12.0. The van der Waals surface area contributed by atoms with Crippen LogP contribution in [0.5, 0.6) is 0 Å². The third-order valence-electron chi connectivity index (χ3n) is 8.29. The molecule has 4 heterocycles. The minimum Gasteiger partial charge on any atom is -0.378 e. The molecule has 0 radical (unpaired) electrons. The van der Waals surface area contributed by atoms with Gasteiger partial charge in [-0.25, -0.2) is 14.4 Å². The van der Waals surface area contributed by atoms with Crippen molar-refractivity contribution in [2.24, 2.45) is 5.92 Å². The van der Waals surface area contributed by atoms with Gasteiger partial charge in [-0.1, -0.05) is 37.1 Å². The van der Waals surface area contributed by atoms with E-state index in [1.165, 1.54) is 17.4 Å². The lowest BCUT2D eigenvalue weighted by molar-refractivity contribution is -0.120. The number of nitrogens with one attached hydrogen (secondary N) is 5. The highest BCUT2D eigenvalue weighted by Crippen LogP contribution is 2.35. The smallest absolute Gasteiger partial charge is 0.271 e. The number of ether oxygens (including phenoxy) is 1. The number of carbonyl (C=O) groups excluding carboxylic acids is 2. The van der Waals surface area contributed by atoms with Crippen LogP contribution in [0.2, 0.25) is 5.02 Å². The quantitative estimate of drug-likeness (QED) is 0.161. The van der Waals surface area contributed by atoms with E-state index in [1.807, 2.05) is 37.3 Å². The summed E-state index contributed by atoms with van der Waals surface area (Å²) in [5.41, 5.74) is 10.9. The lowest BCUT2D eigenvalue weighted by Crippen LogP contribution is -2.40. The molecule has 2 atom stereocenters. The average Bonchev–Trinajstić information content (AvgIpc) is 3.46. The fourth-order valence-corrected chi connectivity index (χ4v) is 5.86. The Hall–Kier alpha value is -5.11. The minimum atomic E-state index is -0.610. The van der Waals surface area contributed by atoms with Crippen LogP contribution < -0.4 is 31.9 Å². The van der Waals surface area contributed by atoms with E-state index in [0.29, 0.717) is 48.8 Å². The first-order valence-electron chi connectivity index (χ1n) is 15.5. The predicted molar refractivity (Wildman–Crippen MR) is 181 cm³/mol. The number of pyridine rings is 1. The molecule has 0 saturated heterocycles. The van der Waals surface area contributed by atoms with E-state index in [1.54, 1.807) is 38.4 Å². The summed E-state index contributed by atoms with van der Waals surface area (Å²) in [7, 11) is 1.60. The molecule has 4 aromatic rings. The van der Waals surface area contributed by atoms with Gasteiger partial charge in [0.15, 0.2) is 5.82 Å². The highest BCUT2D eigenvalue weighted by Gasteiger charge is 2.29. The third kappa shape index (κ3) is 7.08. The summed E-state index contributed by atoms with van der Waals surface area (Å²) in [6.45, 7) is 3.94. The van der Waals surface area contributed by atoms with E-state index in [0.717, 1.165) is 22.5 Å². The van der Waals surface area contributed by atoms with Crippen LogP contribution in [0.1, 0.15) is 50.5 Å². The SMILES string of the molecule is COCc1cc(Nc2ccc3c(c2)NC(=O)[C@H](C)CCC[C@H](NC(=O)C2=C(C)N(c4cccc(Cl)c4F)NN2)c2cc-3ccn2)ncn1. The molecule has 5 N–H and O–H groups in total. The van der Waals surface area contributed by atoms with E-state index in [9.17, 15) is 14.0 Å². The number of aromatic nitrogens is 3. The number of hydrogen-bond acceptors (Lipinski definition) is 10. The average molecular weight is 672 g/mol. The highest BCUT2D eigenvalue weighted by molar-refractivity contribution is 6.31. The van der Waals surface area contributed by atoms with E-state index < -0.39 is 17.8 Å². The Bertz CT molecular complexity index is 1890. The number of allylic oxidation sites excluding steroid dienone is 1. The number of halogens is 2. The standard InChI is InChI=1S/C34H35ClFN9O3/c1-19-6-4-8-26(41-34(47)32-20(2)45(44-43-32)29-9-5-7-25(35)31(29)36)28-14-21(12-13-37-28)24-11-10-22(15-27(24)42-33(19)46)40-30-16-23(17-48-3)38-18-39-30/h5,7,9-16,18-19,26,43-44H,4,6,8,17H2,1-3H3,(H,41,47)(H,42,46)(H,38,39,40)/t19-,26+/m1/s1. The van der Waals surface area contributed by atoms with Crippen LogP contribution in [0, 0.1) is 11.7 Å². The second-order valence-electron chi connectivity index (χ2n) is 11.6. The van der Waals surface area contributed by atoms with Crippen LogP contribution in [-0.2, 0) is 20.9 Å². The van der Waals surface area contributed by atoms with Crippen molar-refractivity contribution in [2.45, 2.75) is 45.8 Å². The van der Waals surface area contributed by atoms with Gasteiger partial charge in [-0.05, 0) is 61.7 Å². The molecular weight excluding hydrogens is 637 g/mol. The van der Waals surface area contributed by atoms with Gasteiger partial charge >= 0.3 is 0 Å². The molecule has 0 aliphatic carbocycles. The first-order valence-corrected chi connectivity index (χ1v) is 15.8. The zero-order valence-electron chi connectivity index (χ0n) is 26.6. The first kappa shape index (κ1) is 32.8. The van der Waals surface area contributed by atoms with Gasteiger partial charge in [-0.15, -0.1) is 5.53 Å². The van der Waals surface area contributed by atoms with Crippen LogP contribution in [0.3, 0.4) is 0 Å². The summed E-state index contributed by atoms with van der Waals surface area (Å²) in [6.07, 6.45) is 4.95. The molecule has 6 rings (SSSR count). The van der Waals surface area contributed by atoms with Crippen molar-refractivity contribution in [1.29, 1.82) is 0 Å². The van der Waals surface area contributed by atoms with E-state index in [2.05, 4.69) is 41.9 Å². The van der Waals surface area contributed by atoms with Crippen LogP contribution in [0.4, 0.5) is 27.3 Å². The second kappa shape index (κ2) is 14.3. The Morgan fingerprint density at radius 3 is 2.81 bits per heavy atom. The number of hydrazine groups is 2. The lowest BCUT2D eigenvalue weighted by Gasteiger charge is -2.22. The fourth-order valence-electron chi connectivity index (χ4n) is 5.69. The highest BCUT2D eigenvalue weighted by atomic mass is 35.5. The lowest BCUT2D eigenvalue weighted by atomic mass is 9.95. The molecule has 0 unspecified atom stereocenters. The molecule has 48 heavy (non-hydrogen) atoms. The maximum atomic E-state index is 14.8. The minimum absolute atomic E-state index is 0.0292. The van der Waals surface area contributed by atoms with E-state index in [-0.39, 0.29) is 28.2 Å². The van der Waals surface area contributed by atoms with Crippen molar-refractivity contribution in [1.82, 2.24) is 31.2 Å². The number of carbonyl (C=O) groups is 2. The molecule has 0 spiro atoms. The Kier molecular flexibility index (Phi) is 9.80. The summed E-state index contributed by atoms with van der Waals surface area (Å²) >= 11 is 5.99. The number of amides is 2. The number of hydrogen-bond donors (Lipinski definition) is 5. The molecule has 2 aromatic carbocycles. The first-order chi connectivity index (χ1) is 23.2. The van der Waals surface area contributed by atoms with Crippen LogP contribution in [-0.4, -0.2) is 33.9 Å². The molecule has 0 fully saturated rings. The number of fused-ring (bicyclic) bond motifs is 4. The Morgan fingerprint density at radius 1 is 1.12 bits per heavy atom. The zero-order valence-corrected chi connectivity index (χ0v) is 27.4. The Labute approximate surface area is 282 Å². The monoisotopic (exact) mass is 671 g/mol. The van der Waals surface area contributed by atoms with Gasteiger partial charge < -0.3 is 20.7 Å². The van der Waals surface area contributed by atoms with Gasteiger partial charge in [0.25, 0.3) is 5.91 Å². The predicted octanol–water partition coefficient (Wildman–Crippen LogP) is 5.90. The summed E-state index contributed by atoms with van der Waals surface area (Å²) in [5, 5.41) is 10.9. The fraction of sp³-hybridized carbons (Fsp3) is 0.265. The van der Waals surface area contributed by atoms with E-state index >= 15 is 0 Å². The number of rotatable bonds is 7. The van der Waals surface area contributed by atoms with E-state index in [4.69, 9.17) is 16.3 Å². The van der Waals surface area contributed by atoms with Gasteiger partial charge in [0.1, 0.15) is 17.8 Å². The van der Waals surface area contributed by atoms with Gasteiger partial charge in [0.2, 0.25) is 5.91 Å². The molecule has 2 bridgehead atoms. The van der Waals surface area contributed by atoms with Gasteiger partial charge in [0.05, 0.1) is 46.1 Å². The van der Waals surface area contributed by atoms with Crippen LogP contribution in [0.15, 0.2) is 78.5 Å². The zero-order chi connectivity index (χ0) is 33.8. The summed E-state index contributed by atoms with van der Waals surface area (Å²) in [6, 6.07) is 15.5. The van der Waals surface area contributed by atoms with Gasteiger partial charge in [-0.2, -0.15) is 0 Å². The molecule has 12 nitrogen and oxygen atoms in total. The van der Waals surface area contributed by atoms with Crippen molar-refractivity contribution in [2.75, 3.05) is 22.8 Å². The maximum Gasteiger partial charge on any atom is 0.271 e. The van der Waals surface area contributed by atoms with Gasteiger partial charge in [-0.3, -0.25) is 25.0 Å². The Balaban J connectivity index is 1.29. The summed E-state index contributed by atoms with van der Waals surface area (Å²) in [5.74, 6) is -0.811. The van der Waals surface area contributed by atoms with Crippen LogP contribution in [0.25, 0.3) is 11.1 Å².